The van der Waals surface area contributed by atoms with Crippen molar-refractivity contribution < 1.29 is 19.1 Å². The lowest BCUT2D eigenvalue weighted by Crippen LogP contribution is -2.14. The number of rotatable bonds is 5. The highest BCUT2D eigenvalue weighted by Gasteiger charge is 2.16. The maximum Gasteiger partial charge on any atom is 0.271 e. The number of nitrogens with one attached hydrogen (secondary N) is 1. The molecular weight excluding hydrogens is 327 g/mol. The van der Waals surface area contributed by atoms with E-state index in [2.05, 4.69) is 10.4 Å². The van der Waals surface area contributed by atoms with Gasteiger partial charge in [0, 0.05) is 0 Å². The third-order valence-corrected chi connectivity index (χ3v) is 3.54. The monoisotopic (exact) mass is 340 g/mol. The summed E-state index contributed by atoms with van der Waals surface area (Å²) in [6.07, 6.45) is 1.66. The molecule has 1 aromatic heterocycles. The molecule has 126 valence electrons. The van der Waals surface area contributed by atoms with Gasteiger partial charge in [-0.1, -0.05) is 18.2 Å². The second-order valence-corrected chi connectivity index (χ2v) is 5.18. The van der Waals surface area contributed by atoms with Gasteiger partial charge in [0.25, 0.3) is 5.91 Å². The lowest BCUT2D eigenvalue weighted by molar-refractivity contribution is -0.105. The first kappa shape index (κ1) is 16.2. The van der Waals surface area contributed by atoms with Crippen LogP contribution in [-0.4, -0.2) is 27.2 Å². The normalized spacial score (nSPS) is 10.4. The van der Waals surface area contributed by atoms with E-state index in [4.69, 9.17) is 5.73 Å². The third kappa shape index (κ3) is 3.18. The van der Waals surface area contributed by atoms with Crippen LogP contribution in [0.1, 0.15) is 10.5 Å². The number of phenolic OH excluding ortho intramolecular Hbond substituents is 1. The van der Waals surface area contributed by atoms with Gasteiger partial charge in [-0.05, 0) is 35.4 Å². The van der Waals surface area contributed by atoms with E-state index in [1.807, 2.05) is 0 Å². The summed E-state index contributed by atoms with van der Waals surface area (Å²) in [5.74, 6) is -1.37. The fourth-order valence-corrected chi connectivity index (χ4v) is 2.41. The van der Waals surface area contributed by atoms with E-state index in [1.165, 1.54) is 30.5 Å². The molecule has 0 radical (unpaired) electrons. The number of primary amides is 1. The minimum Gasteiger partial charge on any atom is -0.508 e. The number of carbonyl (C=O) groups is 2. The molecular formula is C17H13FN4O3. The zero-order valence-corrected chi connectivity index (χ0v) is 12.8. The highest BCUT2D eigenvalue weighted by atomic mass is 19.1. The standard InChI is InChI=1S/C17H13FN4O3/c18-13-7-11(10-2-1-3-12(24)6-10)4-5-15(13)22-8-14(20-9-23)16(21-22)17(19)25/h1-9,24H,(H2,19,25)(H,20,23). The fraction of sp³-hybridized carbons (Fsp3) is 0. The van der Waals surface area contributed by atoms with E-state index in [9.17, 15) is 19.1 Å². The molecule has 2 aromatic carbocycles. The van der Waals surface area contributed by atoms with Crippen molar-refractivity contribution in [3.8, 4) is 22.6 Å². The van der Waals surface area contributed by atoms with Gasteiger partial charge in [0.1, 0.15) is 17.3 Å². The Morgan fingerprint density at radius 1 is 1.24 bits per heavy atom. The second kappa shape index (κ2) is 6.44. The van der Waals surface area contributed by atoms with Crippen molar-refractivity contribution in [3.63, 3.8) is 0 Å². The molecule has 0 aliphatic carbocycles. The van der Waals surface area contributed by atoms with E-state index >= 15 is 0 Å². The summed E-state index contributed by atoms with van der Waals surface area (Å²) in [5.41, 5.74) is 6.39. The Hall–Kier alpha value is -3.68. The topological polar surface area (TPSA) is 110 Å². The molecule has 0 spiro atoms. The Morgan fingerprint density at radius 2 is 2.00 bits per heavy atom. The molecule has 0 saturated carbocycles. The van der Waals surface area contributed by atoms with Crippen LogP contribution in [0.5, 0.6) is 5.75 Å². The molecule has 0 aliphatic heterocycles. The molecule has 3 aromatic rings. The van der Waals surface area contributed by atoms with Crippen molar-refractivity contribution in [1.29, 1.82) is 0 Å². The minimum absolute atomic E-state index is 0.0738. The molecule has 4 N–H and O–H groups in total. The molecule has 0 unspecified atom stereocenters. The van der Waals surface area contributed by atoms with Crippen LogP contribution in [0.3, 0.4) is 0 Å². The van der Waals surface area contributed by atoms with Gasteiger partial charge < -0.3 is 16.2 Å². The molecule has 0 bridgehead atoms. The summed E-state index contributed by atoms with van der Waals surface area (Å²) < 4.78 is 15.6. The number of aromatic hydroxyl groups is 1. The summed E-state index contributed by atoms with van der Waals surface area (Å²) in [5, 5.41) is 15.7. The van der Waals surface area contributed by atoms with Gasteiger partial charge in [-0.25, -0.2) is 9.07 Å². The summed E-state index contributed by atoms with van der Waals surface area (Å²) in [6.45, 7) is 0. The zero-order valence-electron chi connectivity index (χ0n) is 12.8. The number of nitrogens with two attached hydrogens (primary N) is 1. The van der Waals surface area contributed by atoms with Gasteiger partial charge in [0.05, 0.1) is 11.9 Å². The molecule has 0 aliphatic rings. The van der Waals surface area contributed by atoms with Crippen LogP contribution in [-0.2, 0) is 4.79 Å². The first-order valence-corrected chi connectivity index (χ1v) is 7.18. The van der Waals surface area contributed by atoms with Crippen LogP contribution < -0.4 is 11.1 Å². The van der Waals surface area contributed by atoms with Gasteiger partial charge in [-0.15, -0.1) is 0 Å². The van der Waals surface area contributed by atoms with E-state index in [0.29, 0.717) is 17.5 Å². The number of nitrogens with zero attached hydrogens (tertiary/aromatic N) is 2. The van der Waals surface area contributed by atoms with Crippen LogP contribution in [0, 0.1) is 5.82 Å². The van der Waals surface area contributed by atoms with Crippen molar-refractivity contribution in [1.82, 2.24) is 9.78 Å². The molecule has 25 heavy (non-hydrogen) atoms. The number of hydrogen-bond acceptors (Lipinski definition) is 4. The van der Waals surface area contributed by atoms with E-state index in [-0.39, 0.29) is 22.8 Å². The lowest BCUT2D eigenvalue weighted by Gasteiger charge is -2.07. The van der Waals surface area contributed by atoms with Crippen LogP contribution in [0.2, 0.25) is 0 Å². The minimum atomic E-state index is -0.847. The number of carbonyl (C=O) groups excluding carboxylic acids is 2. The molecule has 7 nitrogen and oxygen atoms in total. The number of phenols is 1. The van der Waals surface area contributed by atoms with Crippen LogP contribution in [0.15, 0.2) is 48.7 Å². The molecule has 2 amide bonds. The predicted molar refractivity (Wildman–Crippen MR) is 88.8 cm³/mol. The third-order valence-electron chi connectivity index (χ3n) is 3.54. The van der Waals surface area contributed by atoms with Crippen molar-refractivity contribution in [2.45, 2.75) is 0 Å². The zero-order chi connectivity index (χ0) is 18.0. The Kier molecular flexibility index (Phi) is 4.17. The molecule has 3 rings (SSSR count). The van der Waals surface area contributed by atoms with Crippen LogP contribution in [0.25, 0.3) is 16.8 Å². The number of amides is 2. The molecule has 0 atom stereocenters. The SMILES string of the molecule is NC(=O)c1nn(-c2ccc(-c3cccc(O)c3)cc2F)cc1NC=O. The molecule has 0 fully saturated rings. The average molecular weight is 340 g/mol. The number of aromatic nitrogens is 2. The molecule has 0 saturated heterocycles. The maximum atomic E-state index is 14.5. The summed E-state index contributed by atoms with van der Waals surface area (Å²) >= 11 is 0. The first-order chi connectivity index (χ1) is 12.0. The smallest absolute Gasteiger partial charge is 0.271 e. The Bertz CT molecular complexity index is 968. The summed E-state index contributed by atoms with van der Waals surface area (Å²) in [7, 11) is 0. The van der Waals surface area contributed by atoms with Gasteiger partial charge in [0.15, 0.2) is 5.69 Å². The summed E-state index contributed by atoms with van der Waals surface area (Å²) in [4.78, 5) is 22.0. The predicted octanol–water partition coefficient (Wildman–Crippen LogP) is 2.05. The number of anilines is 1. The molecule has 8 heteroatoms. The van der Waals surface area contributed by atoms with E-state index < -0.39 is 11.7 Å². The van der Waals surface area contributed by atoms with Gasteiger partial charge in [0.2, 0.25) is 6.41 Å². The lowest BCUT2D eigenvalue weighted by atomic mass is 10.0. The van der Waals surface area contributed by atoms with Crippen LogP contribution in [0.4, 0.5) is 10.1 Å². The van der Waals surface area contributed by atoms with E-state index in [1.54, 1.807) is 18.2 Å². The Morgan fingerprint density at radius 3 is 2.64 bits per heavy atom. The second-order valence-electron chi connectivity index (χ2n) is 5.18. The fourth-order valence-electron chi connectivity index (χ4n) is 2.41. The van der Waals surface area contributed by atoms with Crippen molar-refractivity contribution in [2.75, 3.05) is 5.32 Å². The maximum absolute atomic E-state index is 14.5. The number of hydrogen-bond donors (Lipinski definition) is 3. The summed E-state index contributed by atoms with van der Waals surface area (Å²) in [6, 6.07) is 10.8. The first-order valence-electron chi connectivity index (χ1n) is 7.18. The Labute approximate surface area is 141 Å². The highest BCUT2D eigenvalue weighted by molar-refractivity contribution is 5.98. The quantitative estimate of drug-likeness (QED) is 0.617. The van der Waals surface area contributed by atoms with Gasteiger partial charge in [-0.3, -0.25) is 9.59 Å². The van der Waals surface area contributed by atoms with Gasteiger partial charge >= 0.3 is 0 Å². The van der Waals surface area contributed by atoms with Crippen molar-refractivity contribution in [2.24, 2.45) is 5.73 Å². The Balaban J connectivity index is 2.03. The highest BCUT2D eigenvalue weighted by Crippen LogP contribution is 2.27. The number of benzene rings is 2. The largest absolute Gasteiger partial charge is 0.508 e. The van der Waals surface area contributed by atoms with Gasteiger partial charge in [-0.2, -0.15) is 5.10 Å². The molecule has 1 heterocycles. The number of halogens is 1. The van der Waals surface area contributed by atoms with Crippen LogP contribution >= 0.6 is 0 Å². The average Bonchev–Trinajstić information content (AvgIpc) is 2.99. The van der Waals surface area contributed by atoms with Crippen molar-refractivity contribution in [3.05, 3.63) is 60.2 Å². The van der Waals surface area contributed by atoms with Crippen molar-refractivity contribution >= 4 is 18.0 Å². The van der Waals surface area contributed by atoms with E-state index in [0.717, 1.165) is 4.68 Å².